The van der Waals surface area contributed by atoms with Crippen LogP contribution < -0.4 is 5.32 Å². The highest BCUT2D eigenvalue weighted by atomic mass is 32.1. The average molecular weight is 295 g/mol. The van der Waals surface area contributed by atoms with Crippen LogP contribution in [-0.4, -0.2) is 23.3 Å². The van der Waals surface area contributed by atoms with Crippen molar-refractivity contribution in [1.82, 2.24) is 15.5 Å². The van der Waals surface area contributed by atoms with Crippen LogP contribution in [0.15, 0.2) is 0 Å². The lowest BCUT2D eigenvalue weighted by Crippen LogP contribution is -2.25. The third-order valence-electron chi connectivity index (χ3n) is 4.55. The highest BCUT2D eigenvalue weighted by Crippen LogP contribution is 2.43. The number of nitrogens with one attached hydrogen (secondary N) is 1. The Morgan fingerprint density at radius 2 is 1.85 bits per heavy atom. The molecule has 0 spiro atoms. The monoisotopic (exact) mass is 295 g/mol. The molecule has 20 heavy (non-hydrogen) atoms. The molecular weight excluding hydrogens is 266 g/mol. The highest BCUT2D eigenvalue weighted by Gasteiger charge is 2.31. The standard InChI is InChI=1S/C16H29N3S/c1-5-17-11-10-14-18-19-15(20-14)12-6-8-13(9-7-12)16(2,3)4/h12-13,17H,5-11H2,1-4H3. The average Bonchev–Trinajstić information content (AvgIpc) is 2.87. The second-order valence-electron chi connectivity index (χ2n) is 7.05. The van der Waals surface area contributed by atoms with Gasteiger partial charge in [0.25, 0.3) is 0 Å². The molecule has 0 unspecified atom stereocenters. The Morgan fingerprint density at radius 3 is 2.45 bits per heavy atom. The van der Waals surface area contributed by atoms with Gasteiger partial charge < -0.3 is 5.32 Å². The van der Waals surface area contributed by atoms with E-state index in [1.807, 2.05) is 11.3 Å². The van der Waals surface area contributed by atoms with E-state index in [0.717, 1.165) is 25.4 Å². The molecule has 0 aromatic carbocycles. The van der Waals surface area contributed by atoms with Gasteiger partial charge in [0, 0.05) is 18.9 Å². The molecule has 2 rings (SSSR count). The summed E-state index contributed by atoms with van der Waals surface area (Å²) in [6, 6.07) is 0. The molecule has 4 heteroatoms. The highest BCUT2D eigenvalue weighted by molar-refractivity contribution is 7.11. The summed E-state index contributed by atoms with van der Waals surface area (Å²) in [4.78, 5) is 0. The van der Waals surface area contributed by atoms with E-state index in [9.17, 15) is 0 Å². The van der Waals surface area contributed by atoms with Gasteiger partial charge in [0.15, 0.2) is 0 Å². The van der Waals surface area contributed by atoms with Crippen molar-refractivity contribution in [2.45, 2.75) is 65.7 Å². The lowest BCUT2D eigenvalue weighted by Gasteiger charge is -2.36. The summed E-state index contributed by atoms with van der Waals surface area (Å²) in [7, 11) is 0. The smallest absolute Gasteiger partial charge is 0.120 e. The molecule has 1 fully saturated rings. The van der Waals surface area contributed by atoms with E-state index in [2.05, 4.69) is 43.2 Å². The first kappa shape index (κ1) is 15.9. The van der Waals surface area contributed by atoms with Crippen molar-refractivity contribution in [3.05, 3.63) is 10.0 Å². The lowest BCUT2D eigenvalue weighted by molar-refractivity contribution is 0.169. The topological polar surface area (TPSA) is 37.8 Å². The summed E-state index contributed by atoms with van der Waals surface area (Å²) in [5.41, 5.74) is 0.461. The molecule has 114 valence electrons. The van der Waals surface area contributed by atoms with Crippen LogP contribution in [0.1, 0.15) is 69.3 Å². The zero-order valence-electron chi connectivity index (χ0n) is 13.4. The summed E-state index contributed by atoms with van der Waals surface area (Å²) in [5.74, 6) is 1.54. The largest absolute Gasteiger partial charge is 0.317 e. The summed E-state index contributed by atoms with van der Waals surface area (Å²) < 4.78 is 0. The first-order valence-corrected chi connectivity index (χ1v) is 8.85. The number of rotatable bonds is 5. The SMILES string of the molecule is CCNCCc1nnc(C2CCC(C(C)(C)C)CC2)s1. The van der Waals surface area contributed by atoms with Crippen molar-refractivity contribution >= 4 is 11.3 Å². The van der Waals surface area contributed by atoms with Gasteiger partial charge in [-0.2, -0.15) is 0 Å². The molecular formula is C16H29N3S. The van der Waals surface area contributed by atoms with E-state index in [4.69, 9.17) is 0 Å². The van der Waals surface area contributed by atoms with Gasteiger partial charge >= 0.3 is 0 Å². The Bertz CT molecular complexity index is 400. The van der Waals surface area contributed by atoms with Gasteiger partial charge in [0.1, 0.15) is 10.0 Å². The second-order valence-corrected chi connectivity index (χ2v) is 8.15. The van der Waals surface area contributed by atoms with Crippen molar-refractivity contribution in [2.24, 2.45) is 11.3 Å². The molecule has 0 saturated heterocycles. The normalized spacial score (nSPS) is 24.0. The first-order chi connectivity index (χ1) is 9.50. The van der Waals surface area contributed by atoms with Crippen LogP contribution in [0.2, 0.25) is 0 Å². The van der Waals surface area contributed by atoms with Crippen LogP contribution in [-0.2, 0) is 6.42 Å². The lowest BCUT2D eigenvalue weighted by atomic mass is 9.70. The molecule has 1 heterocycles. The van der Waals surface area contributed by atoms with Crippen LogP contribution in [0.25, 0.3) is 0 Å². The Morgan fingerprint density at radius 1 is 1.15 bits per heavy atom. The molecule has 0 atom stereocenters. The van der Waals surface area contributed by atoms with Gasteiger partial charge in [-0.1, -0.05) is 27.7 Å². The van der Waals surface area contributed by atoms with Gasteiger partial charge in [0.2, 0.25) is 0 Å². The molecule has 1 aromatic rings. The first-order valence-electron chi connectivity index (χ1n) is 8.03. The van der Waals surface area contributed by atoms with Gasteiger partial charge in [0.05, 0.1) is 0 Å². The molecule has 0 aliphatic heterocycles. The molecule has 1 aliphatic rings. The molecule has 1 aliphatic carbocycles. The Labute approximate surface area is 127 Å². The molecule has 1 saturated carbocycles. The number of aromatic nitrogens is 2. The third kappa shape index (κ3) is 4.26. The summed E-state index contributed by atoms with van der Waals surface area (Å²) in [5, 5.41) is 14.6. The van der Waals surface area contributed by atoms with E-state index in [-0.39, 0.29) is 0 Å². The summed E-state index contributed by atoms with van der Waals surface area (Å²) >= 11 is 1.84. The Kier molecular flexibility index (Phi) is 5.56. The van der Waals surface area contributed by atoms with Gasteiger partial charge in [-0.15, -0.1) is 21.5 Å². The van der Waals surface area contributed by atoms with Crippen LogP contribution in [0.5, 0.6) is 0 Å². The maximum absolute atomic E-state index is 4.45. The van der Waals surface area contributed by atoms with Crippen molar-refractivity contribution in [3.63, 3.8) is 0 Å². The fraction of sp³-hybridized carbons (Fsp3) is 0.875. The molecule has 0 bridgehead atoms. The number of likely N-dealkylation sites (N-methyl/N-ethyl adjacent to an activating group) is 1. The summed E-state index contributed by atoms with van der Waals surface area (Å²) in [6.45, 7) is 11.3. The number of hydrogen-bond acceptors (Lipinski definition) is 4. The molecule has 3 nitrogen and oxygen atoms in total. The minimum atomic E-state index is 0.461. The second kappa shape index (κ2) is 6.99. The van der Waals surface area contributed by atoms with E-state index >= 15 is 0 Å². The van der Waals surface area contributed by atoms with Crippen molar-refractivity contribution < 1.29 is 0 Å². The maximum atomic E-state index is 4.45. The van der Waals surface area contributed by atoms with Crippen LogP contribution >= 0.6 is 11.3 Å². The number of hydrogen-bond donors (Lipinski definition) is 1. The van der Waals surface area contributed by atoms with Crippen LogP contribution in [0.4, 0.5) is 0 Å². The van der Waals surface area contributed by atoms with Crippen LogP contribution in [0.3, 0.4) is 0 Å². The zero-order chi connectivity index (χ0) is 14.6. The number of nitrogens with zero attached hydrogens (tertiary/aromatic N) is 2. The molecule has 0 radical (unpaired) electrons. The fourth-order valence-electron chi connectivity index (χ4n) is 3.11. The van der Waals surface area contributed by atoms with E-state index in [1.54, 1.807) is 0 Å². The molecule has 1 N–H and O–H groups in total. The predicted octanol–water partition coefficient (Wildman–Crippen LogP) is 4.01. The quantitative estimate of drug-likeness (QED) is 0.834. The van der Waals surface area contributed by atoms with Crippen molar-refractivity contribution in [1.29, 1.82) is 0 Å². The maximum Gasteiger partial charge on any atom is 0.120 e. The minimum absolute atomic E-state index is 0.461. The Balaban J connectivity index is 1.84. The van der Waals surface area contributed by atoms with Gasteiger partial charge in [-0.05, 0) is 43.6 Å². The molecule has 1 aromatic heterocycles. The van der Waals surface area contributed by atoms with Crippen molar-refractivity contribution in [2.75, 3.05) is 13.1 Å². The van der Waals surface area contributed by atoms with E-state index < -0.39 is 0 Å². The molecule has 0 amide bonds. The van der Waals surface area contributed by atoms with Crippen molar-refractivity contribution in [3.8, 4) is 0 Å². The van der Waals surface area contributed by atoms with E-state index in [1.165, 1.54) is 35.7 Å². The Hall–Kier alpha value is -0.480. The van der Waals surface area contributed by atoms with Gasteiger partial charge in [-0.3, -0.25) is 0 Å². The predicted molar refractivity (Wildman–Crippen MR) is 86.3 cm³/mol. The van der Waals surface area contributed by atoms with Gasteiger partial charge in [-0.25, -0.2) is 0 Å². The minimum Gasteiger partial charge on any atom is -0.317 e. The zero-order valence-corrected chi connectivity index (χ0v) is 14.2. The van der Waals surface area contributed by atoms with Crippen LogP contribution in [0, 0.1) is 11.3 Å². The summed E-state index contributed by atoms with van der Waals surface area (Å²) in [6.07, 6.45) is 6.30. The fourth-order valence-corrected chi connectivity index (χ4v) is 4.12. The van der Waals surface area contributed by atoms with E-state index in [0.29, 0.717) is 11.3 Å². The third-order valence-corrected chi connectivity index (χ3v) is 5.69.